The molecular formula is C12H23NO. The molecular weight excluding hydrogens is 174 g/mol. The first kappa shape index (κ1) is 10.4. The lowest BCUT2D eigenvalue weighted by atomic mass is 9.76. The van der Waals surface area contributed by atoms with Crippen molar-refractivity contribution in [2.45, 2.75) is 51.0 Å². The Hall–Kier alpha value is -0.0800. The SMILES string of the molecule is CCOC1(CN)CCCC(C2CC2)C1. The average Bonchev–Trinajstić information content (AvgIpc) is 3.02. The van der Waals surface area contributed by atoms with Crippen LogP contribution in [-0.4, -0.2) is 18.8 Å². The van der Waals surface area contributed by atoms with Gasteiger partial charge in [-0.05, 0) is 50.9 Å². The Labute approximate surface area is 87.2 Å². The monoisotopic (exact) mass is 197 g/mol. The van der Waals surface area contributed by atoms with Gasteiger partial charge in [-0.1, -0.05) is 6.42 Å². The van der Waals surface area contributed by atoms with Gasteiger partial charge in [-0.2, -0.15) is 0 Å². The summed E-state index contributed by atoms with van der Waals surface area (Å²) in [5, 5.41) is 0. The summed E-state index contributed by atoms with van der Waals surface area (Å²) in [5.74, 6) is 1.93. The second-order valence-electron chi connectivity index (χ2n) is 5.01. The van der Waals surface area contributed by atoms with Crippen LogP contribution >= 0.6 is 0 Å². The first-order valence-electron chi connectivity index (χ1n) is 6.14. The van der Waals surface area contributed by atoms with Crippen molar-refractivity contribution in [3.63, 3.8) is 0 Å². The lowest BCUT2D eigenvalue weighted by Crippen LogP contribution is -2.45. The molecule has 0 saturated heterocycles. The van der Waals surface area contributed by atoms with Crippen LogP contribution in [-0.2, 0) is 4.74 Å². The van der Waals surface area contributed by atoms with Gasteiger partial charge in [0.2, 0.25) is 0 Å². The maximum absolute atomic E-state index is 5.90. The number of ether oxygens (including phenoxy) is 1. The van der Waals surface area contributed by atoms with E-state index in [1.54, 1.807) is 0 Å². The fraction of sp³-hybridized carbons (Fsp3) is 1.00. The zero-order valence-corrected chi connectivity index (χ0v) is 9.30. The minimum atomic E-state index is 0.0419. The second kappa shape index (κ2) is 4.19. The quantitative estimate of drug-likeness (QED) is 0.750. The molecule has 2 atom stereocenters. The van der Waals surface area contributed by atoms with Gasteiger partial charge in [-0.15, -0.1) is 0 Å². The molecule has 14 heavy (non-hydrogen) atoms. The zero-order valence-electron chi connectivity index (χ0n) is 9.30. The highest BCUT2D eigenvalue weighted by molar-refractivity contribution is 4.94. The van der Waals surface area contributed by atoms with Gasteiger partial charge in [0.15, 0.2) is 0 Å². The Morgan fingerprint density at radius 2 is 2.07 bits per heavy atom. The maximum Gasteiger partial charge on any atom is 0.0806 e. The molecule has 0 heterocycles. The van der Waals surface area contributed by atoms with E-state index >= 15 is 0 Å². The molecule has 0 bridgehead atoms. The van der Waals surface area contributed by atoms with E-state index in [0.717, 1.165) is 18.4 Å². The molecule has 2 fully saturated rings. The molecule has 0 aliphatic heterocycles. The van der Waals surface area contributed by atoms with Gasteiger partial charge in [0.25, 0.3) is 0 Å². The predicted molar refractivity (Wildman–Crippen MR) is 58.1 cm³/mol. The van der Waals surface area contributed by atoms with E-state index in [0.29, 0.717) is 6.54 Å². The van der Waals surface area contributed by atoms with Crippen LogP contribution in [0.3, 0.4) is 0 Å². The standard InChI is InChI=1S/C12H23NO/c1-2-14-12(9-13)7-3-4-11(8-12)10-5-6-10/h10-11H,2-9,13H2,1H3. The highest BCUT2D eigenvalue weighted by Crippen LogP contribution is 2.47. The van der Waals surface area contributed by atoms with Gasteiger partial charge in [0.05, 0.1) is 5.60 Å². The summed E-state index contributed by atoms with van der Waals surface area (Å²) in [5.41, 5.74) is 5.92. The highest BCUT2D eigenvalue weighted by atomic mass is 16.5. The molecule has 2 unspecified atom stereocenters. The summed E-state index contributed by atoms with van der Waals surface area (Å²) >= 11 is 0. The van der Waals surface area contributed by atoms with E-state index in [-0.39, 0.29) is 5.60 Å². The fourth-order valence-corrected chi connectivity index (χ4v) is 3.02. The van der Waals surface area contributed by atoms with Crippen molar-refractivity contribution < 1.29 is 4.74 Å². The van der Waals surface area contributed by atoms with Crippen molar-refractivity contribution in [1.29, 1.82) is 0 Å². The normalized spacial score (nSPS) is 38.6. The number of nitrogens with two attached hydrogens (primary N) is 1. The molecule has 2 saturated carbocycles. The van der Waals surface area contributed by atoms with Crippen molar-refractivity contribution in [3.8, 4) is 0 Å². The molecule has 2 aliphatic carbocycles. The van der Waals surface area contributed by atoms with E-state index in [4.69, 9.17) is 10.5 Å². The van der Waals surface area contributed by atoms with E-state index in [2.05, 4.69) is 6.92 Å². The van der Waals surface area contributed by atoms with Gasteiger partial charge >= 0.3 is 0 Å². The lowest BCUT2D eigenvalue weighted by molar-refractivity contribution is -0.0734. The molecule has 0 aromatic heterocycles. The van der Waals surface area contributed by atoms with Crippen LogP contribution in [0.4, 0.5) is 0 Å². The molecule has 82 valence electrons. The van der Waals surface area contributed by atoms with Gasteiger partial charge in [-0.25, -0.2) is 0 Å². The third kappa shape index (κ3) is 2.12. The summed E-state index contributed by atoms with van der Waals surface area (Å²) in [6.07, 6.45) is 8.05. The third-order valence-electron chi connectivity index (χ3n) is 3.95. The minimum absolute atomic E-state index is 0.0419. The summed E-state index contributed by atoms with van der Waals surface area (Å²) in [7, 11) is 0. The summed E-state index contributed by atoms with van der Waals surface area (Å²) in [6, 6.07) is 0. The molecule has 0 aromatic rings. The van der Waals surface area contributed by atoms with Crippen molar-refractivity contribution in [1.82, 2.24) is 0 Å². The summed E-state index contributed by atoms with van der Waals surface area (Å²) < 4.78 is 5.90. The first-order chi connectivity index (χ1) is 6.79. The van der Waals surface area contributed by atoms with Crippen molar-refractivity contribution in [2.24, 2.45) is 17.6 Å². The van der Waals surface area contributed by atoms with Crippen LogP contribution in [0.2, 0.25) is 0 Å². The summed E-state index contributed by atoms with van der Waals surface area (Å²) in [4.78, 5) is 0. The predicted octanol–water partition coefficient (Wildman–Crippen LogP) is 2.32. The molecule has 2 nitrogen and oxygen atoms in total. The van der Waals surface area contributed by atoms with Gasteiger partial charge < -0.3 is 10.5 Å². The number of hydrogen-bond acceptors (Lipinski definition) is 2. The zero-order chi connectivity index (χ0) is 10.0. The molecule has 0 amide bonds. The van der Waals surface area contributed by atoms with Crippen LogP contribution in [0.1, 0.15) is 45.4 Å². The van der Waals surface area contributed by atoms with Gasteiger partial charge in [-0.3, -0.25) is 0 Å². The van der Waals surface area contributed by atoms with E-state index in [1.165, 1.54) is 38.5 Å². The molecule has 2 heteroatoms. The third-order valence-corrected chi connectivity index (χ3v) is 3.95. The summed E-state index contributed by atoms with van der Waals surface area (Å²) in [6.45, 7) is 3.61. The van der Waals surface area contributed by atoms with Crippen LogP contribution in [0.5, 0.6) is 0 Å². The molecule has 0 aromatic carbocycles. The van der Waals surface area contributed by atoms with Crippen LogP contribution in [0.25, 0.3) is 0 Å². The van der Waals surface area contributed by atoms with Crippen molar-refractivity contribution in [3.05, 3.63) is 0 Å². The number of rotatable bonds is 4. The average molecular weight is 197 g/mol. The van der Waals surface area contributed by atoms with Crippen LogP contribution < -0.4 is 5.73 Å². The van der Waals surface area contributed by atoms with Crippen LogP contribution in [0, 0.1) is 11.8 Å². The molecule has 2 aliphatic rings. The van der Waals surface area contributed by atoms with Gasteiger partial charge in [0, 0.05) is 13.2 Å². The van der Waals surface area contributed by atoms with Gasteiger partial charge in [0.1, 0.15) is 0 Å². The molecule has 2 N–H and O–H groups in total. The second-order valence-corrected chi connectivity index (χ2v) is 5.01. The fourth-order valence-electron chi connectivity index (χ4n) is 3.02. The van der Waals surface area contributed by atoms with Crippen LogP contribution in [0.15, 0.2) is 0 Å². The smallest absolute Gasteiger partial charge is 0.0806 e. The van der Waals surface area contributed by atoms with E-state index in [1.807, 2.05) is 0 Å². The Balaban J connectivity index is 1.95. The van der Waals surface area contributed by atoms with Crippen molar-refractivity contribution >= 4 is 0 Å². The Bertz CT molecular complexity index is 187. The van der Waals surface area contributed by atoms with E-state index < -0.39 is 0 Å². The minimum Gasteiger partial charge on any atom is -0.374 e. The molecule has 2 rings (SSSR count). The lowest BCUT2D eigenvalue weighted by Gasteiger charge is -2.40. The molecule has 0 radical (unpaired) electrons. The Morgan fingerprint density at radius 1 is 1.29 bits per heavy atom. The van der Waals surface area contributed by atoms with Crippen molar-refractivity contribution in [2.75, 3.05) is 13.2 Å². The maximum atomic E-state index is 5.90. The largest absolute Gasteiger partial charge is 0.374 e. The topological polar surface area (TPSA) is 35.2 Å². The Kier molecular flexibility index (Phi) is 3.13. The highest BCUT2D eigenvalue weighted by Gasteiger charge is 2.41. The number of hydrogen-bond donors (Lipinski definition) is 1. The molecule has 0 spiro atoms. The van der Waals surface area contributed by atoms with E-state index in [9.17, 15) is 0 Å². The first-order valence-corrected chi connectivity index (χ1v) is 6.14. The Morgan fingerprint density at radius 3 is 2.64 bits per heavy atom.